The molecule has 1 amide bonds. The number of nitrogen functional groups attached to an aromatic ring is 1. The van der Waals surface area contributed by atoms with E-state index < -0.39 is 11.7 Å². The van der Waals surface area contributed by atoms with Crippen LogP contribution in [0.3, 0.4) is 0 Å². The van der Waals surface area contributed by atoms with Crippen LogP contribution in [0.5, 0.6) is 5.75 Å². The fraction of sp³-hybridized carbons (Fsp3) is 0.0714. The van der Waals surface area contributed by atoms with E-state index in [-0.39, 0.29) is 12.4 Å². The Labute approximate surface area is 123 Å². The van der Waals surface area contributed by atoms with Gasteiger partial charge in [-0.2, -0.15) is 0 Å². The third-order valence-electron chi connectivity index (χ3n) is 2.71. The summed E-state index contributed by atoms with van der Waals surface area (Å²) in [6, 6.07) is 9.17. The summed E-state index contributed by atoms with van der Waals surface area (Å²) in [6.45, 7) is 0.101. The fourth-order valence-electron chi connectivity index (χ4n) is 1.63. The monoisotopic (exact) mass is 338 g/mol. The van der Waals surface area contributed by atoms with Crippen molar-refractivity contribution in [2.75, 3.05) is 5.73 Å². The molecule has 0 heterocycles. The highest BCUT2D eigenvalue weighted by Crippen LogP contribution is 2.23. The van der Waals surface area contributed by atoms with Crippen LogP contribution in [-0.4, -0.2) is 5.91 Å². The zero-order valence-electron chi connectivity index (χ0n) is 10.4. The summed E-state index contributed by atoms with van der Waals surface area (Å²) < 4.78 is 19.6. The molecule has 0 unspecified atom stereocenters. The molecule has 6 heteroatoms. The first-order valence-corrected chi connectivity index (χ1v) is 6.52. The quantitative estimate of drug-likeness (QED) is 0.841. The van der Waals surface area contributed by atoms with Crippen LogP contribution in [0.25, 0.3) is 0 Å². The average molecular weight is 339 g/mol. The Morgan fingerprint density at radius 1 is 1.25 bits per heavy atom. The number of primary amides is 1. The number of halogens is 2. The first kappa shape index (κ1) is 14.3. The minimum atomic E-state index is -0.553. The second-order valence-corrected chi connectivity index (χ2v) is 5.06. The molecule has 2 aromatic carbocycles. The highest BCUT2D eigenvalue weighted by Gasteiger charge is 2.08. The lowest BCUT2D eigenvalue weighted by Crippen LogP contribution is -2.12. The molecule has 0 aromatic heterocycles. The van der Waals surface area contributed by atoms with Crippen molar-refractivity contribution >= 4 is 27.5 Å². The van der Waals surface area contributed by atoms with E-state index in [1.54, 1.807) is 18.2 Å². The summed E-state index contributed by atoms with van der Waals surface area (Å²) in [5.41, 5.74) is 12.3. The van der Waals surface area contributed by atoms with Gasteiger partial charge < -0.3 is 16.2 Å². The summed E-state index contributed by atoms with van der Waals surface area (Å²) in [5.74, 6) is -0.888. The lowest BCUT2D eigenvalue weighted by molar-refractivity contribution is 0.100. The number of ether oxygens (including phenoxy) is 1. The van der Waals surface area contributed by atoms with E-state index in [1.165, 1.54) is 18.2 Å². The SMILES string of the molecule is NC(=O)c1ccc(COc2ccc(Br)cc2F)c(N)c1. The van der Waals surface area contributed by atoms with Crippen molar-refractivity contribution in [3.05, 3.63) is 57.8 Å². The van der Waals surface area contributed by atoms with Gasteiger partial charge in [0.2, 0.25) is 5.91 Å². The number of anilines is 1. The number of carbonyl (C=O) groups excluding carboxylic acids is 1. The summed E-state index contributed by atoms with van der Waals surface area (Å²) in [4.78, 5) is 11.0. The number of nitrogens with two attached hydrogens (primary N) is 2. The molecule has 0 bridgehead atoms. The Morgan fingerprint density at radius 3 is 2.60 bits per heavy atom. The third-order valence-corrected chi connectivity index (χ3v) is 3.20. The number of amides is 1. The molecule has 0 atom stereocenters. The minimum Gasteiger partial charge on any atom is -0.486 e. The van der Waals surface area contributed by atoms with Gasteiger partial charge in [-0.05, 0) is 30.3 Å². The molecule has 20 heavy (non-hydrogen) atoms. The first-order valence-electron chi connectivity index (χ1n) is 5.73. The highest BCUT2D eigenvalue weighted by molar-refractivity contribution is 9.10. The third kappa shape index (κ3) is 3.27. The number of hydrogen-bond acceptors (Lipinski definition) is 3. The Hall–Kier alpha value is -2.08. The fourth-order valence-corrected chi connectivity index (χ4v) is 1.96. The summed E-state index contributed by atoms with van der Waals surface area (Å²) in [5, 5.41) is 0. The van der Waals surface area contributed by atoms with Crippen LogP contribution in [0.1, 0.15) is 15.9 Å². The molecular formula is C14H12BrFN2O2. The maximum atomic E-state index is 13.6. The topological polar surface area (TPSA) is 78.3 Å². The van der Waals surface area contributed by atoms with Crippen molar-refractivity contribution in [2.24, 2.45) is 5.73 Å². The minimum absolute atomic E-state index is 0.101. The van der Waals surface area contributed by atoms with Gasteiger partial charge in [-0.3, -0.25) is 4.79 Å². The molecule has 2 aromatic rings. The molecule has 0 aliphatic carbocycles. The van der Waals surface area contributed by atoms with E-state index in [0.29, 0.717) is 21.3 Å². The summed E-state index contributed by atoms with van der Waals surface area (Å²) >= 11 is 3.17. The molecule has 0 spiro atoms. The number of carbonyl (C=O) groups is 1. The van der Waals surface area contributed by atoms with Gasteiger partial charge in [-0.25, -0.2) is 4.39 Å². The van der Waals surface area contributed by atoms with Crippen molar-refractivity contribution in [3.63, 3.8) is 0 Å². The van der Waals surface area contributed by atoms with Crippen molar-refractivity contribution in [3.8, 4) is 5.75 Å². The smallest absolute Gasteiger partial charge is 0.248 e. The van der Waals surface area contributed by atoms with E-state index in [1.807, 2.05) is 0 Å². The van der Waals surface area contributed by atoms with Gasteiger partial charge in [-0.15, -0.1) is 0 Å². The predicted octanol–water partition coefficient (Wildman–Crippen LogP) is 2.85. The van der Waals surface area contributed by atoms with Crippen LogP contribution >= 0.6 is 15.9 Å². The van der Waals surface area contributed by atoms with E-state index >= 15 is 0 Å². The Morgan fingerprint density at radius 2 is 2.00 bits per heavy atom. The molecule has 104 valence electrons. The maximum absolute atomic E-state index is 13.6. The lowest BCUT2D eigenvalue weighted by atomic mass is 10.1. The molecule has 0 saturated heterocycles. The molecule has 0 saturated carbocycles. The van der Waals surface area contributed by atoms with E-state index in [0.717, 1.165) is 0 Å². The molecule has 0 aliphatic heterocycles. The van der Waals surface area contributed by atoms with Crippen molar-refractivity contribution in [1.82, 2.24) is 0 Å². The van der Waals surface area contributed by atoms with Gasteiger partial charge in [-0.1, -0.05) is 22.0 Å². The second kappa shape index (κ2) is 5.92. The average Bonchev–Trinajstić information content (AvgIpc) is 2.38. The van der Waals surface area contributed by atoms with Crippen LogP contribution < -0.4 is 16.2 Å². The standard InChI is InChI=1S/C14H12BrFN2O2/c15-10-3-4-13(11(16)6-10)20-7-9-2-1-8(14(18)19)5-12(9)17/h1-6H,7,17H2,(H2,18,19). The van der Waals surface area contributed by atoms with Crippen LogP contribution in [-0.2, 0) is 6.61 Å². The zero-order valence-corrected chi connectivity index (χ0v) is 12.0. The van der Waals surface area contributed by atoms with Crippen LogP contribution in [0, 0.1) is 5.82 Å². The van der Waals surface area contributed by atoms with E-state index in [9.17, 15) is 9.18 Å². The molecule has 4 N–H and O–H groups in total. The van der Waals surface area contributed by atoms with Gasteiger partial charge in [0.05, 0.1) is 0 Å². The van der Waals surface area contributed by atoms with Gasteiger partial charge in [0.15, 0.2) is 11.6 Å². The lowest BCUT2D eigenvalue weighted by Gasteiger charge is -2.10. The molecule has 0 fully saturated rings. The number of rotatable bonds is 4. The predicted molar refractivity (Wildman–Crippen MR) is 77.8 cm³/mol. The number of benzene rings is 2. The second-order valence-electron chi connectivity index (χ2n) is 4.14. The Balaban J connectivity index is 2.13. The Bertz CT molecular complexity index is 662. The first-order chi connectivity index (χ1) is 9.47. The largest absolute Gasteiger partial charge is 0.486 e. The Kier molecular flexibility index (Phi) is 4.24. The van der Waals surface area contributed by atoms with E-state index in [2.05, 4.69) is 15.9 Å². The summed E-state index contributed by atoms with van der Waals surface area (Å²) in [7, 11) is 0. The number of hydrogen-bond donors (Lipinski definition) is 2. The zero-order chi connectivity index (χ0) is 14.7. The van der Waals surface area contributed by atoms with E-state index in [4.69, 9.17) is 16.2 Å². The van der Waals surface area contributed by atoms with Crippen molar-refractivity contribution in [2.45, 2.75) is 6.61 Å². The summed E-state index contributed by atoms with van der Waals surface area (Å²) in [6.07, 6.45) is 0. The molecular weight excluding hydrogens is 327 g/mol. The van der Waals surface area contributed by atoms with Crippen molar-refractivity contribution in [1.29, 1.82) is 0 Å². The highest BCUT2D eigenvalue weighted by atomic mass is 79.9. The van der Waals surface area contributed by atoms with Crippen LogP contribution in [0.2, 0.25) is 0 Å². The molecule has 0 aliphatic rings. The van der Waals surface area contributed by atoms with Gasteiger partial charge >= 0.3 is 0 Å². The van der Waals surface area contributed by atoms with Gasteiger partial charge in [0, 0.05) is 21.3 Å². The van der Waals surface area contributed by atoms with Gasteiger partial charge in [0.25, 0.3) is 0 Å². The molecule has 4 nitrogen and oxygen atoms in total. The molecule has 2 rings (SSSR count). The maximum Gasteiger partial charge on any atom is 0.248 e. The normalized spacial score (nSPS) is 10.3. The molecule has 0 radical (unpaired) electrons. The van der Waals surface area contributed by atoms with Crippen molar-refractivity contribution < 1.29 is 13.9 Å². The van der Waals surface area contributed by atoms with Gasteiger partial charge in [0.1, 0.15) is 6.61 Å². The van der Waals surface area contributed by atoms with Crippen LogP contribution in [0.15, 0.2) is 40.9 Å². The van der Waals surface area contributed by atoms with Crippen LogP contribution in [0.4, 0.5) is 10.1 Å².